The monoisotopic (exact) mass is 434 g/mol. The number of amides is 1. The summed E-state index contributed by atoms with van der Waals surface area (Å²) in [7, 11) is 0. The standard InChI is InChI=1S/C22H34N4O3S/c1-15(2)29-22(27)26-11-5-6-17(23)19(26)14-28-16-9-12-25(13-10-16)21-24-18-7-3-4-8-20(18)30-21/h3-4,7-8,15-17,19,21,24H,5-6,9-14,23H2,1-2H3. The predicted octanol–water partition coefficient (Wildman–Crippen LogP) is 3.31. The van der Waals surface area contributed by atoms with E-state index in [0.29, 0.717) is 18.6 Å². The average molecular weight is 435 g/mol. The van der Waals surface area contributed by atoms with Crippen molar-refractivity contribution in [1.29, 1.82) is 0 Å². The lowest BCUT2D eigenvalue weighted by molar-refractivity contribution is -0.0357. The van der Waals surface area contributed by atoms with Crippen LogP contribution in [-0.4, -0.2) is 71.9 Å². The third kappa shape index (κ3) is 5.04. The Balaban J connectivity index is 1.25. The molecular weight excluding hydrogens is 400 g/mol. The van der Waals surface area contributed by atoms with Crippen molar-refractivity contribution < 1.29 is 14.3 Å². The number of piperidine rings is 2. The van der Waals surface area contributed by atoms with Crippen LogP contribution in [0.5, 0.6) is 0 Å². The number of nitrogens with one attached hydrogen (secondary N) is 1. The average Bonchev–Trinajstić information content (AvgIpc) is 3.17. The first-order valence-electron chi connectivity index (χ1n) is 11.1. The number of para-hydroxylation sites is 1. The number of thioether (sulfide) groups is 1. The van der Waals surface area contributed by atoms with Crippen LogP contribution in [0.4, 0.5) is 10.5 Å². The molecule has 0 aromatic heterocycles. The number of fused-ring (bicyclic) bond motifs is 1. The molecule has 3 unspecified atom stereocenters. The summed E-state index contributed by atoms with van der Waals surface area (Å²) in [6.07, 6.45) is 3.64. The highest BCUT2D eigenvalue weighted by Gasteiger charge is 2.35. The summed E-state index contributed by atoms with van der Waals surface area (Å²) in [6.45, 7) is 6.92. The predicted molar refractivity (Wildman–Crippen MR) is 120 cm³/mol. The molecule has 3 atom stereocenters. The summed E-state index contributed by atoms with van der Waals surface area (Å²) in [5, 5.41) is 3.62. The molecule has 30 heavy (non-hydrogen) atoms. The summed E-state index contributed by atoms with van der Waals surface area (Å²) < 4.78 is 11.7. The molecule has 8 heteroatoms. The zero-order chi connectivity index (χ0) is 21.1. The molecule has 166 valence electrons. The van der Waals surface area contributed by atoms with Crippen molar-refractivity contribution >= 4 is 23.5 Å². The van der Waals surface area contributed by atoms with Gasteiger partial charge in [-0.1, -0.05) is 23.9 Å². The molecule has 1 aromatic rings. The van der Waals surface area contributed by atoms with Gasteiger partial charge in [0, 0.05) is 36.3 Å². The molecule has 3 aliphatic heterocycles. The van der Waals surface area contributed by atoms with Crippen molar-refractivity contribution in [3.63, 3.8) is 0 Å². The summed E-state index contributed by atoms with van der Waals surface area (Å²) in [5.41, 5.74) is 7.88. The van der Waals surface area contributed by atoms with Crippen molar-refractivity contribution in [3.8, 4) is 0 Å². The first-order chi connectivity index (χ1) is 14.5. The lowest BCUT2D eigenvalue weighted by Gasteiger charge is -2.40. The Hall–Kier alpha value is -1.48. The topological polar surface area (TPSA) is 80.1 Å². The van der Waals surface area contributed by atoms with Crippen LogP contribution in [0.25, 0.3) is 0 Å². The van der Waals surface area contributed by atoms with Crippen molar-refractivity contribution in [2.24, 2.45) is 5.73 Å². The summed E-state index contributed by atoms with van der Waals surface area (Å²) in [4.78, 5) is 18.1. The van der Waals surface area contributed by atoms with E-state index in [-0.39, 0.29) is 30.4 Å². The fourth-order valence-electron chi connectivity index (χ4n) is 4.45. The second kappa shape index (κ2) is 9.77. The van der Waals surface area contributed by atoms with Crippen LogP contribution in [0.1, 0.15) is 39.5 Å². The highest BCUT2D eigenvalue weighted by atomic mass is 32.2. The first kappa shape index (κ1) is 21.7. The lowest BCUT2D eigenvalue weighted by Crippen LogP contribution is -2.57. The fourth-order valence-corrected chi connectivity index (χ4v) is 5.64. The second-order valence-electron chi connectivity index (χ2n) is 8.68. The Kier molecular flexibility index (Phi) is 7.08. The van der Waals surface area contributed by atoms with Crippen LogP contribution in [0.15, 0.2) is 29.2 Å². The number of hydrogen-bond donors (Lipinski definition) is 2. The van der Waals surface area contributed by atoms with Gasteiger partial charge in [-0.05, 0) is 51.7 Å². The second-order valence-corrected chi connectivity index (χ2v) is 9.80. The van der Waals surface area contributed by atoms with Gasteiger partial charge in [0.15, 0.2) is 0 Å². The van der Waals surface area contributed by atoms with E-state index in [9.17, 15) is 4.79 Å². The number of benzene rings is 1. The Labute approximate surface area is 183 Å². The SMILES string of the molecule is CC(C)OC(=O)N1CCCC(N)C1COC1CCN(C2Nc3ccccc3S2)CC1. The molecule has 7 nitrogen and oxygen atoms in total. The van der Waals surface area contributed by atoms with E-state index in [1.807, 2.05) is 25.6 Å². The smallest absolute Gasteiger partial charge is 0.410 e. The molecule has 2 saturated heterocycles. The summed E-state index contributed by atoms with van der Waals surface area (Å²) in [6, 6.07) is 8.31. The van der Waals surface area contributed by atoms with Crippen molar-refractivity contribution in [3.05, 3.63) is 24.3 Å². The molecule has 3 heterocycles. The molecular formula is C22H34N4O3S. The maximum Gasteiger partial charge on any atom is 0.410 e. The van der Waals surface area contributed by atoms with Gasteiger partial charge in [-0.2, -0.15) is 0 Å². The minimum Gasteiger partial charge on any atom is -0.447 e. The van der Waals surface area contributed by atoms with E-state index in [2.05, 4.69) is 34.5 Å². The van der Waals surface area contributed by atoms with Crippen LogP contribution in [0, 0.1) is 0 Å². The van der Waals surface area contributed by atoms with Crippen LogP contribution < -0.4 is 11.1 Å². The lowest BCUT2D eigenvalue weighted by atomic mass is 9.98. The quantitative estimate of drug-likeness (QED) is 0.736. The number of nitrogens with two attached hydrogens (primary N) is 1. The number of hydrogen-bond acceptors (Lipinski definition) is 7. The van der Waals surface area contributed by atoms with Crippen molar-refractivity contribution in [2.45, 2.75) is 74.2 Å². The van der Waals surface area contributed by atoms with Crippen LogP contribution in [-0.2, 0) is 9.47 Å². The number of carbonyl (C=O) groups is 1. The Bertz CT molecular complexity index is 701. The zero-order valence-corrected chi connectivity index (χ0v) is 18.8. The maximum absolute atomic E-state index is 12.5. The molecule has 0 spiro atoms. The molecule has 0 saturated carbocycles. The van der Waals surface area contributed by atoms with Gasteiger partial charge >= 0.3 is 6.09 Å². The van der Waals surface area contributed by atoms with Gasteiger partial charge in [-0.25, -0.2) is 4.79 Å². The minimum atomic E-state index is -0.271. The molecule has 0 bridgehead atoms. The number of likely N-dealkylation sites (tertiary alicyclic amines) is 2. The van der Waals surface area contributed by atoms with E-state index < -0.39 is 0 Å². The molecule has 3 aliphatic rings. The molecule has 1 amide bonds. The molecule has 4 rings (SSSR count). The third-order valence-corrected chi connectivity index (χ3v) is 7.37. The van der Waals surface area contributed by atoms with E-state index in [1.165, 1.54) is 10.6 Å². The zero-order valence-electron chi connectivity index (χ0n) is 18.0. The number of ether oxygens (including phenoxy) is 2. The van der Waals surface area contributed by atoms with Gasteiger partial charge in [0.2, 0.25) is 0 Å². The van der Waals surface area contributed by atoms with Crippen molar-refractivity contribution in [1.82, 2.24) is 9.80 Å². The highest BCUT2D eigenvalue weighted by Crippen LogP contribution is 2.40. The molecule has 0 aliphatic carbocycles. The van der Waals surface area contributed by atoms with Gasteiger partial charge < -0.3 is 25.4 Å². The van der Waals surface area contributed by atoms with E-state index in [1.54, 1.807) is 4.90 Å². The Morgan fingerprint density at radius 1 is 1.23 bits per heavy atom. The van der Waals surface area contributed by atoms with Gasteiger partial charge in [0.1, 0.15) is 5.50 Å². The summed E-state index contributed by atoms with van der Waals surface area (Å²) >= 11 is 1.89. The van der Waals surface area contributed by atoms with Crippen molar-refractivity contribution in [2.75, 3.05) is 31.6 Å². The molecule has 1 aromatic carbocycles. The number of anilines is 1. The number of rotatable bonds is 5. The summed E-state index contributed by atoms with van der Waals surface area (Å²) in [5.74, 6) is 0. The largest absolute Gasteiger partial charge is 0.447 e. The minimum absolute atomic E-state index is 0.0591. The number of carbonyl (C=O) groups excluding carboxylic acids is 1. The van der Waals surface area contributed by atoms with E-state index in [0.717, 1.165) is 38.8 Å². The van der Waals surface area contributed by atoms with Gasteiger partial charge in [-0.15, -0.1) is 0 Å². The van der Waals surface area contributed by atoms with Gasteiger partial charge in [0.25, 0.3) is 0 Å². The van der Waals surface area contributed by atoms with Crippen LogP contribution in [0.3, 0.4) is 0 Å². The van der Waals surface area contributed by atoms with Crippen LogP contribution >= 0.6 is 11.8 Å². The van der Waals surface area contributed by atoms with E-state index in [4.69, 9.17) is 15.2 Å². The Morgan fingerprint density at radius 3 is 2.73 bits per heavy atom. The molecule has 2 fully saturated rings. The molecule has 3 N–H and O–H groups in total. The van der Waals surface area contributed by atoms with E-state index >= 15 is 0 Å². The molecule has 0 radical (unpaired) electrons. The first-order valence-corrected chi connectivity index (χ1v) is 12.0. The number of nitrogens with zero attached hydrogens (tertiary/aromatic N) is 2. The van der Waals surface area contributed by atoms with Gasteiger partial charge in [-0.3, -0.25) is 4.90 Å². The normalized spacial score (nSPS) is 27.7. The third-order valence-electron chi connectivity index (χ3n) is 6.12. The Morgan fingerprint density at radius 2 is 2.00 bits per heavy atom. The van der Waals surface area contributed by atoms with Crippen LogP contribution in [0.2, 0.25) is 0 Å². The highest BCUT2D eigenvalue weighted by molar-refractivity contribution is 8.00. The maximum atomic E-state index is 12.5. The fraction of sp³-hybridized carbons (Fsp3) is 0.682. The van der Waals surface area contributed by atoms with Gasteiger partial charge in [0.05, 0.1) is 24.9 Å².